The Labute approximate surface area is 100 Å². The molecule has 1 aromatic heterocycles. The van der Waals surface area contributed by atoms with Crippen LogP contribution in [-0.2, 0) is 0 Å². The Morgan fingerprint density at radius 1 is 1.40 bits per heavy atom. The molecule has 15 heavy (non-hydrogen) atoms. The van der Waals surface area contributed by atoms with Crippen LogP contribution in [0.1, 0.15) is 26.7 Å². The van der Waals surface area contributed by atoms with Crippen molar-refractivity contribution in [1.29, 1.82) is 0 Å². The van der Waals surface area contributed by atoms with Gasteiger partial charge in [0.15, 0.2) is 0 Å². The van der Waals surface area contributed by atoms with E-state index in [4.69, 9.17) is 11.6 Å². The zero-order chi connectivity index (χ0) is 11.3. The second kappa shape index (κ2) is 5.73. The fourth-order valence-electron chi connectivity index (χ4n) is 1.11. The number of nitrogens with zero attached hydrogens (tertiary/aromatic N) is 1. The van der Waals surface area contributed by atoms with Crippen molar-refractivity contribution >= 4 is 23.4 Å². The summed E-state index contributed by atoms with van der Waals surface area (Å²) in [5.41, 5.74) is -0.577. The lowest BCUT2D eigenvalue weighted by Crippen LogP contribution is -2.29. The number of thioether (sulfide) groups is 1. The SMILES string of the molecule is CCC(O)(CC)CSc1ccc(Cl)cn1. The molecule has 2 nitrogen and oxygen atoms in total. The fourth-order valence-corrected chi connectivity index (χ4v) is 2.34. The van der Waals surface area contributed by atoms with Crippen LogP contribution in [0.4, 0.5) is 0 Å². The normalized spacial score (nSPS) is 11.7. The number of pyridine rings is 1. The second-order valence-corrected chi connectivity index (χ2v) is 4.97. The predicted molar refractivity (Wildman–Crippen MR) is 65.5 cm³/mol. The molecule has 0 radical (unpaired) electrons. The molecule has 0 aliphatic heterocycles. The average molecular weight is 246 g/mol. The van der Waals surface area contributed by atoms with Crippen molar-refractivity contribution in [2.45, 2.75) is 37.3 Å². The molecule has 0 aromatic carbocycles. The van der Waals surface area contributed by atoms with Crippen LogP contribution in [0.3, 0.4) is 0 Å². The molecular weight excluding hydrogens is 230 g/mol. The highest BCUT2D eigenvalue weighted by atomic mass is 35.5. The molecule has 0 bridgehead atoms. The monoisotopic (exact) mass is 245 g/mol. The zero-order valence-corrected chi connectivity index (χ0v) is 10.6. The summed E-state index contributed by atoms with van der Waals surface area (Å²) in [6.45, 7) is 4.00. The maximum absolute atomic E-state index is 10.1. The van der Waals surface area contributed by atoms with Crippen molar-refractivity contribution in [3.05, 3.63) is 23.4 Å². The summed E-state index contributed by atoms with van der Waals surface area (Å²) in [5, 5.41) is 11.6. The van der Waals surface area contributed by atoms with Crippen LogP contribution >= 0.6 is 23.4 Å². The summed E-state index contributed by atoms with van der Waals surface area (Å²) < 4.78 is 0. The lowest BCUT2D eigenvalue weighted by atomic mass is 10.0. The molecule has 0 saturated carbocycles. The van der Waals surface area contributed by atoms with E-state index in [1.807, 2.05) is 26.0 Å². The number of rotatable bonds is 5. The molecule has 0 unspecified atom stereocenters. The molecule has 1 rings (SSSR count). The summed E-state index contributed by atoms with van der Waals surface area (Å²) in [5.74, 6) is 0.675. The Bertz CT molecular complexity index is 298. The third kappa shape index (κ3) is 4.01. The lowest BCUT2D eigenvalue weighted by Gasteiger charge is -2.24. The van der Waals surface area contributed by atoms with Crippen LogP contribution in [0.15, 0.2) is 23.4 Å². The maximum atomic E-state index is 10.1. The molecule has 0 spiro atoms. The van der Waals surface area contributed by atoms with Crippen LogP contribution in [0.25, 0.3) is 0 Å². The van der Waals surface area contributed by atoms with Gasteiger partial charge in [0, 0.05) is 11.9 Å². The molecular formula is C11H16ClNOS. The van der Waals surface area contributed by atoms with E-state index in [1.54, 1.807) is 18.0 Å². The van der Waals surface area contributed by atoms with Gasteiger partial charge in [0.25, 0.3) is 0 Å². The van der Waals surface area contributed by atoms with Crippen LogP contribution in [0.5, 0.6) is 0 Å². The minimum absolute atomic E-state index is 0.577. The topological polar surface area (TPSA) is 33.1 Å². The Morgan fingerprint density at radius 3 is 2.53 bits per heavy atom. The molecule has 4 heteroatoms. The van der Waals surface area contributed by atoms with E-state index in [2.05, 4.69) is 4.98 Å². The highest BCUT2D eigenvalue weighted by molar-refractivity contribution is 7.99. The second-order valence-electron chi connectivity index (χ2n) is 3.53. The molecule has 1 N–H and O–H groups in total. The number of aromatic nitrogens is 1. The van der Waals surface area contributed by atoms with Crippen LogP contribution in [-0.4, -0.2) is 21.4 Å². The smallest absolute Gasteiger partial charge is 0.0961 e. The van der Waals surface area contributed by atoms with Gasteiger partial charge >= 0.3 is 0 Å². The first-order valence-electron chi connectivity index (χ1n) is 5.06. The van der Waals surface area contributed by atoms with E-state index in [1.165, 1.54) is 0 Å². The molecule has 1 aromatic rings. The lowest BCUT2D eigenvalue weighted by molar-refractivity contribution is 0.0571. The first-order chi connectivity index (χ1) is 7.09. The van der Waals surface area contributed by atoms with Crippen molar-refractivity contribution in [3.8, 4) is 0 Å². The fraction of sp³-hybridized carbons (Fsp3) is 0.545. The van der Waals surface area contributed by atoms with Gasteiger partial charge in [0.2, 0.25) is 0 Å². The largest absolute Gasteiger partial charge is 0.389 e. The highest BCUT2D eigenvalue weighted by Crippen LogP contribution is 2.25. The number of hydrogen-bond acceptors (Lipinski definition) is 3. The number of aliphatic hydroxyl groups is 1. The van der Waals surface area contributed by atoms with E-state index in [0.29, 0.717) is 10.8 Å². The van der Waals surface area contributed by atoms with Gasteiger partial charge in [-0.25, -0.2) is 4.98 Å². The Hall–Kier alpha value is -0.250. The van der Waals surface area contributed by atoms with Gasteiger partial charge in [-0.3, -0.25) is 0 Å². The summed E-state index contributed by atoms with van der Waals surface area (Å²) in [4.78, 5) is 4.17. The van der Waals surface area contributed by atoms with Gasteiger partial charge in [0.05, 0.1) is 15.6 Å². The van der Waals surface area contributed by atoms with Gasteiger partial charge in [-0.2, -0.15) is 0 Å². The highest BCUT2D eigenvalue weighted by Gasteiger charge is 2.22. The molecule has 0 atom stereocenters. The van der Waals surface area contributed by atoms with E-state index < -0.39 is 5.60 Å². The van der Waals surface area contributed by atoms with Gasteiger partial charge in [0.1, 0.15) is 0 Å². The number of halogens is 1. The van der Waals surface area contributed by atoms with Crippen LogP contribution in [0, 0.1) is 0 Å². The van der Waals surface area contributed by atoms with E-state index in [9.17, 15) is 5.11 Å². The van der Waals surface area contributed by atoms with E-state index in [-0.39, 0.29) is 0 Å². The van der Waals surface area contributed by atoms with Crippen LogP contribution < -0.4 is 0 Å². The Morgan fingerprint density at radius 2 is 2.07 bits per heavy atom. The van der Waals surface area contributed by atoms with Crippen molar-refractivity contribution in [2.24, 2.45) is 0 Å². The van der Waals surface area contributed by atoms with Gasteiger partial charge in [-0.1, -0.05) is 25.4 Å². The Kier molecular flexibility index (Phi) is 4.90. The van der Waals surface area contributed by atoms with Crippen LogP contribution in [0.2, 0.25) is 5.02 Å². The minimum atomic E-state index is -0.577. The third-order valence-corrected chi connectivity index (χ3v) is 3.95. The van der Waals surface area contributed by atoms with Crippen molar-refractivity contribution in [2.75, 3.05) is 5.75 Å². The first kappa shape index (κ1) is 12.8. The summed E-state index contributed by atoms with van der Waals surface area (Å²) in [7, 11) is 0. The predicted octanol–water partition coefficient (Wildman–Crippen LogP) is 3.38. The summed E-state index contributed by atoms with van der Waals surface area (Å²) in [6.07, 6.45) is 3.16. The molecule has 0 aliphatic carbocycles. The summed E-state index contributed by atoms with van der Waals surface area (Å²) in [6, 6.07) is 3.69. The molecule has 1 heterocycles. The molecule has 0 saturated heterocycles. The quantitative estimate of drug-likeness (QED) is 0.808. The molecule has 0 fully saturated rings. The van der Waals surface area contributed by atoms with E-state index in [0.717, 1.165) is 17.9 Å². The zero-order valence-electron chi connectivity index (χ0n) is 9.03. The summed E-state index contributed by atoms with van der Waals surface area (Å²) >= 11 is 7.30. The van der Waals surface area contributed by atoms with Crippen molar-refractivity contribution in [1.82, 2.24) is 4.98 Å². The Balaban J connectivity index is 2.53. The van der Waals surface area contributed by atoms with Gasteiger partial charge in [-0.05, 0) is 25.0 Å². The van der Waals surface area contributed by atoms with E-state index >= 15 is 0 Å². The average Bonchev–Trinajstić information content (AvgIpc) is 2.28. The molecule has 0 amide bonds. The molecule has 84 valence electrons. The first-order valence-corrected chi connectivity index (χ1v) is 6.42. The standard InChI is InChI=1S/C11H16ClNOS/c1-3-11(14,4-2)8-15-10-6-5-9(12)7-13-10/h5-7,14H,3-4,8H2,1-2H3. The minimum Gasteiger partial charge on any atom is -0.389 e. The number of hydrogen-bond donors (Lipinski definition) is 1. The van der Waals surface area contributed by atoms with Gasteiger partial charge < -0.3 is 5.11 Å². The maximum Gasteiger partial charge on any atom is 0.0961 e. The molecule has 0 aliphatic rings. The van der Waals surface area contributed by atoms with Crippen molar-refractivity contribution in [3.63, 3.8) is 0 Å². The van der Waals surface area contributed by atoms with Crippen molar-refractivity contribution < 1.29 is 5.11 Å². The van der Waals surface area contributed by atoms with Gasteiger partial charge in [-0.15, -0.1) is 11.8 Å². The third-order valence-electron chi connectivity index (χ3n) is 2.51.